The molecule has 0 fully saturated rings. The number of para-hydroxylation sites is 2. The monoisotopic (exact) mass is 306 g/mol. The van der Waals surface area contributed by atoms with Gasteiger partial charge in [-0.3, -0.25) is 0 Å². The SMILES string of the molecule is COc1ccccc1-c1nc2cccc(C(F)(F)F)c2n1C. The normalized spacial score (nSPS) is 11.9. The Morgan fingerprint density at radius 2 is 1.77 bits per heavy atom. The van der Waals surface area contributed by atoms with Gasteiger partial charge in [-0.05, 0) is 24.3 Å². The smallest absolute Gasteiger partial charge is 0.418 e. The first-order valence-corrected chi connectivity index (χ1v) is 6.59. The maximum absolute atomic E-state index is 13.2. The summed E-state index contributed by atoms with van der Waals surface area (Å²) in [5.74, 6) is 0.999. The van der Waals surface area contributed by atoms with Crippen molar-refractivity contribution >= 4 is 11.0 Å². The van der Waals surface area contributed by atoms with Gasteiger partial charge < -0.3 is 9.30 Å². The number of nitrogens with zero attached hydrogens (tertiary/aromatic N) is 2. The van der Waals surface area contributed by atoms with Crippen LogP contribution in [0.1, 0.15) is 5.56 Å². The number of ether oxygens (including phenoxy) is 1. The molecule has 3 rings (SSSR count). The Morgan fingerprint density at radius 1 is 1.05 bits per heavy atom. The number of fused-ring (bicyclic) bond motifs is 1. The van der Waals surface area contributed by atoms with Crippen LogP contribution in [0.15, 0.2) is 42.5 Å². The van der Waals surface area contributed by atoms with E-state index in [9.17, 15) is 13.2 Å². The van der Waals surface area contributed by atoms with E-state index in [-0.39, 0.29) is 5.52 Å². The van der Waals surface area contributed by atoms with Crippen molar-refractivity contribution in [3.8, 4) is 17.1 Å². The Bertz CT molecular complexity index is 837. The van der Waals surface area contributed by atoms with Crippen molar-refractivity contribution in [2.45, 2.75) is 6.18 Å². The number of aryl methyl sites for hydroxylation is 1. The van der Waals surface area contributed by atoms with Crippen LogP contribution in [0.2, 0.25) is 0 Å². The Morgan fingerprint density at radius 3 is 2.45 bits per heavy atom. The van der Waals surface area contributed by atoms with E-state index in [4.69, 9.17) is 4.74 Å². The van der Waals surface area contributed by atoms with Crippen LogP contribution in [0.5, 0.6) is 5.75 Å². The third kappa shape index (κ3) is 2.20. The van der Waals surface area contributed by atoms with Crippen molar-refractivity contribution in [2.24, 2.45) is 7.05 Å². The fourth-order valence-corrected chi connectivity index (χ4v) is 2.57. The van der Waals surface area contributed by atoms with Crippen LogP contribution in [-0.4, -0.2) is 16.7 Å². The summed E-state index contributed by atoms with van der Waals surface area (Å²) in [4.78, 5) is 4.35. The standard InChI is InChI=1S/C16H13F3N2O/c1-21-14-11(16(17,18)19)7-5-8-12(14)20-15(21)10-6-3-4-9-13(10)22-2/h3-9H,1-2H3. The van der Waals surface area contributed by atoms with Crippen LogP contribution >= 0.6 is 0 Å². The minimum absolute atomic E-state index is 0.0657. The quantitative estimate of drug-likeness (QED) is 0.707. The third-order valence-electron chi connectivity index (χ3n) is 3.55. The van der Waals surface area contributed by atoms with E-state index in [0.717, 1.165) is 6.07 Å². The molecule has 0 aliphatic rings. The summed E-state index contributed by atoms with van der Waals surface area (Å²) in [6.07, 6.45) is -4.43. The van der Waals surface area contributed by atoms with E-state index >= 15 is 0 Å². The van der Waals surface area contributed by atoms with Crippen LogP contribution in [0.3, 0.4) is 0 Å². The molecule has 0 spiro atoms. The zero-order valence-electron chi connectivity index (χ0n) is 12.0. The van der Waals surface area contributed by atoms with Gasteiger partial charge in [-0.15, -0.1) is 0 Å². The van der Waals surface area contributed by atoms with Crippen molar-refractivity contribution < 1.29 is 17.9 Å². The molecule has 3 aromatic rings. The van der Waals surface area contributed by atoms with Gasteiger partial charge in [0.15, 0.2) is 0 Å². The highest BCUT2D eigenvalue weighted by Crippen LogP contribution is 2.37. The molecule has 0 N–H and O–H groups in total. The average Bonchev–Trinajstić information content (AvgIpc) is 2.83. The lowest BCUT2D eigenvalue weighted by Crippen LogP contribution is -2.07. The van der Waals surface area contributed by atoms with E-state index in [2.05, 4.69) is 4.98 Å². The van der Waals surface area contributed by atoms with Gasteiger partial charge in [0, 0.05) is 7.05 Å². The highest BCUT2D eigenvalue weighted by molar-refractivity contribution is 5.85. The first-order chi connectivity index (χ1) is 10.4. The summed E-state index contributed by atoms with van der Waals surface area (Å²) in [5.41, 5.74) is 0.326. The van der Waals surface area contributed by atoms with Gasteiger partial charge in [0.05, 0.1) is 29.3 Å². The van der Waals surface area contributed by atoms with Crippen LogP contribution in [-0.2, 0) is 13.2 Å². The topological polar surface area (TPSA) is 27.1 Å². The van der Waals surface area contributed by atoms with E-state index in [1.54, 1.807) is 37.4 Å². The van der Waals surface area contributed by atoms with Gasteiger partial charge in [0.1, 0.15) is 11.6 Å². The molecule has 0 bridgehead atoms. The molecule has 2 aromatic carbocycles. The molecule has 22 heavy (non-hydrogen) atoms. The predicted octanol–water partition coefficient (Wildman–Crippen LogP) is 4.27. The lowest BCUT2D eigenvalue weighted by molar-refractivity contribution is -0.136. The van der Waals surface area contributed by atoms with Crippen molar-refractivity contribution in [3.05, 3.63) is 48.0 Å². The number of aromatic nitrogens is 2. The summed E-state index contributed by atoms with van der Waals surface area (Å²) in [6.45, 7) is 0. The maximum atomic E-state index is 13.2. The average molecular weight is 306 g/mol. The van der Waals surface area contributed by atoms with Crippen molar-refractivity contribution in [2.75, 3.05) is 7.11 Å². The molecule has 3 nitrogen and oxygen atoms in total. The number of hydrogen-bond donors (Lipinski definition) is 0. The molecule has 1 heterocycles. The molecule has 0 saturated carbocycles. The molecular weight excluding hydrogens is 293 g/mol. The van der Waals surface area contributed by atoms with Gasteiger partial charge >= 0.3 is 6.18 Å². The third-order valence-corrected chi connectivity index (χ3v) is 3.55. The summed E-state index contributed by atoms with van der Waals surface area (Å²) < 4.78 is 46.3. The molecule has 0 aliphatic carbocycles. The van der Waals surface area contributed by atoms with Gasteiger partial charge in [-0.1, -0.05) is 18.2 Å². The van der Waals surface area contributed by atoms with Crippen molar-refractivity contribution in [1.82, 2.24) is 9.55 Å². The van der Waals surface area contributed by atoms with E-state index in [0.29, 0.717) is 22.7 Å². The van der Waals surface area contributed by atoms with Gasteiger partial charge in [-0.25, -0.2) is 4.98 Å². The van der Waals surface area contributed by atoms with Crippen LogP contribution in [0.4, 0.5) is 13.2 Å². The Balaban J connectivity index is 2.32. The Labute approximate surface area is 125 Å². The molecule has 1 aromatic heterocycles. The van der Waals surface area contributed by atoms with Crippen LogP contribution < -0.4 is 4.74 Å². The lowest BCUT2D eigenvalue weighted by Gasteiger charge is -2.11. The lowest BCUT2D eigenvalue weighted by atomic mass is 10.1. The molecule has 0 radical (unpaired) electrons. The number of halogens is 3. The fourth-order valence-electron chi connectivity index (χ4n) is 2.57. The van der Waals surface area contributed by atoms with Gasteiger partial charge in [0.25, 0.3) is 0 Å². The largest absolute Gasteiger partial charge is 0.496 e. The van der Waals surface area contributed by atoms with Crippen molar-refractivity contribution in [1.29, 1.82) is 0 Å². The second kappa shape index (κ2) is 5.05. The number of alkyl halides is 3. The summed E-state index contributed by atoms with van der Waals surface area (Å²) >= 11 is 0. The minimum atomic E-state index is -4.43. The zero-order valence-corrected chi connectivity index (χ0v) is 12.0. The second-order valence-electron chi connectivity index (χ2n) is 4.87. The molecular formula is C16H13F3N2O. The maximum Gasteiger partial charge on any atom is 0.418 e. The number of methoxy groups -OCH3 is 1. The number of hydrogen-bond acceptors (Lipinski definition) is 2. The molecule has 0 atom stereocenters. The Kier molecular flexibility index (Phi) is 3.31. The number of rotatable bonds is 2. The molecule has 0 amide bonds. The first-order valence-electron chi connectivity index (χ1n) is 6.59. The minimum Gasteiger partial charge on any atom is -0.496 e. The highest BCUT2D eigenvalue weighted by Gasteiger charge is 2.34. The molecule has 0 saturated heterocycles. The van der Waals surface area contributed by atoms with Gasteiger partial charge in [-0.2, -0.15) is 13.2 Å². The van der Waals surface area contributed by atoms with Crippen LogP contribution in [0.25, 0.3) is 22.4 Å². The van der Waals surface area contributed by atoms with Gasteiger partial charge in [0.2, 0.25) is 0 Å². The first kappa shape index (κ1) is 14.4. The second-order valence-corrected chi connectivity index (χ2v) is 4.87. The zero-order chi connectivity index (χ0) is 15.9. The fraction of sp³-hybridized carbons (Fsp3) is 0.188. The molecule has 0 aliphatic heterocycles. The highest BCUT2D eigenvalue weighted by atomic mass is 19.4. The summed E-state index contributed by atoms with van der Waals surface area (Å²) in [7, 11) is 3.09. The number of benzene rings is 2. The van der Waals surface area contributed by atoms with E-state index in [1.165, 1.54) is 17.7 Å². The van der Waals surface area contributed by atoms with E-state index in [1.807, 2.05) is 0 Å². The summed E-state index contributed by atoms with van der Waals surface area (Å²) in [6, 6.07) is 11.1. The molecule has 0 unspecified atom stereocenters. The van der Waals surface area contributed by atoms with E-state index < -0.39 is 11.7 Å². The molecule has 6 heteroatoms. The number of imidazole rings is 1. The van der Waals surface area contributed by atoms with Crippen LogP contribution in [0, 0.1) is 0 Å². The predicted molar refractivity (Wildman–Crippen MR) is 77.7 cm³/mol. The Hall–Kier alpha value is -2.50. The van der Waals surface area contributed by atoms with Crippen molar-refractivity contribution in [3.63, 3.8) is 0 Å². The summed E-state index contributed by atoms with van der Waals surface area (Å²) in [5, 5.41) is 0. The molecule has 114 valence electrons.